The van der Waals surface area contributed by atoms with Crippen molar-refractivity contribution in [3.05, 3.63) is 29.8 Å². The molecule has 2 fully saturated rings. The van der Waals surface area contributed by atoms with Crippen molar-refractivity contribution in [2.24, 2.45) is 5.73 Å². The van der Waals surface area contributed by atoms with E-state index < -0.39 is 10.0 Å². The van der Waals surface area contributed by atoms with E-state index in [0.29, 0.717) is 18.7 Å². The predicted octanol–water partition coefficient (Wildman–Crippen LogP) is 0.691. The summed E-state index contributed by atoms with van der Waals surface area (Å²) >= 11 is 0. The number of likely N-dealkylation sites (tertiary alicyclic amines) is 1. The number of piperidine rings is 1. The topological polar surface area (TPSA) is 92.5 Å². The second kappa shape index (κ2) is 5.98. The molecule has 3 N–H and O–H groups in total. The van der Waals surface area contributed by atoms with E-state index in [1.807, 2.05) is 0 Å². The van der Waals surface area contributed by atoms with Gasteiger partial charge in [0.05, 0.1) is 4.90 Å². The smallest absolute Gasteiger partial charge is 0.253 e. The van der Waals surface area contributed by atoms with Crippen molar-refractivity contribution < 1.29 is 13.2 Å². The Hall–Kier alpha value is -1.44. The van der Waals surface area contributed by atoms with Gasteiger partial charge < -0.3 is 10.6 Å². The van der Waals surface area contributed by atoms with Crippen molar-refractivity contribution in [1.82, 2.24) is 9.62 Å². The first kappa shape index (κ1) is 15.5. The van der Waals surface area contributed by atoms with Crippen LogP contribution in [0.25, 0.3) is 0 Å². The zero-order valence-corrected chi connectivity index (χ0v) is 13.2. The lowest BCUT2D eigenvalue weighted by molar-refractivity contribution is 0.0708. The van der Waals surface area contributed by atoms with Crippen LogP contribution in [-0.2, 0) is 10.0 Å². The molecule has 1 unspecified atom stereocenters. The minimum atomic E-state index is -3.47. The first-order chi connectivity index (χ1) is 10.5. The molecule has 0 spiro atoms. The van der Waals surface area contributed by atoms with E-state index in [9.17, 15) is 13.2 Å². The third kappa shape index (κ3) is 3.48. The third-order valence-electron chi connectivity index (χ3n) is 4.06. The lowest BCUT2D eigenvalue weighted by Gasteiger charge is -2.30. The largest absolute Gasteiger partial charge is 0.337 e. The van der Waals surface area contributed by atoms with Gasteiger partial charge in [0.1, 0.15) is 0 Å². The van der Waals surface area contributed by atoms with Gasteiger partial charge in [-0.2, -0.15) is 0 Å². The number of carbonyl (C=O) groups is 1. The molecule has 1 saturated heterocycles. The Morgan fingerprint density at radius 2 is 1.86 bits per heavy atom. The maximum Gasteiger partial charge on any atom is 0.253 e. The van der Waals surface area contributed by atoms with Gasteiger partial charge in [-0.3, -0.25) is 4.79 Å². The molecule has 1 aromatic carbocycles. The first-order valence-electron chi connectivity index (χ1n) is 7.63. The van der Waals surface area contributed by atoms with Crippen molar-refractivity contribution in [1.29, 1.82) is 0 Å². The van der Waals surface area contributed by atoms with Crippen LogP contribution >= 0.6 is 0 Å². The molecule has 0 bridgehead atoms. The molecule has 22 heavy (non-hydrogen) atoms. The lowest BCUT2D eigenvalue weighted by atomic mass is 10.1. The molecule has 0 radical (unpaired) electrons. The van der Waals surface area contributed by atoms with Gasteiger partial charge in [0.2, 0.25) is 10.0 Å². The van der Waals surface area contributed by atoms with Crippen LogP contribution in [0.3, 0.4) is 0 Å². The number of nitrogens with two attached hydrogens (primary N) is 1. The second-order valence-corrected chi connectivity index (χ2v) is 7.79. The number of rotatable bonds is 4. The van der Waals surface area contributed by atoms with E-state index in [1.165, 1.54) is 12.1 Å². The lowest BCUT2D eigenvalue weighted by Crippen LogP contribution is -2.45. The molecule has 3 rings (SSSR count). The fourth-order valence-corrected chi connectivity index (χ4v) is 3.95. The van der Waals surface area contributed by atoms with Gasteiger partial charge in [0, 0.05) is 30.7 Å². The summed E-state index contributed by atoms with van der Waals surface area (Å²) in [5.74, 6) is -0.0887. The standard InChI is InChI=1S/C15H21N3O3S/c16-12-2-1-9-18(10-12)15(19)11-3-7-14(8-4-11)22(20,21)17-13-5-6-13/h3-4,7-8,12-13,17H,1-2,5-6,9-10,16H2. The average molecular weight is 323 g/mol. The van der Waals surface area contributed by atoms with Gasteiger partial charge in [-0.25, -0.2) is 13.1 Å². The van der Waals surface area contributed by atoms with Crippen LogP contribution in [0.15, 0.2) is 29.2 Å². The average Bonchev–Trinajstić information content (AvgIpc) is 3.30. The van der Waals surface area contributed by atoms with Crippen LogP contribution in [0.2, 0.25) is 0 Å². The number of carbonyl (C=O) groups excluding carboxylic acids is 1. The van der Waals surface area contributed by atoms with Crippen LogP contribution < -0.4 is 10.5 Å². The molecule has 1 atom stereocenters. The quantitative estimate of drug-likeness (QED) is 0.853. The second-order valence-electron chi connectivity index (χ2n) is 6.07. The van der Waals surface area contributed by atoms with Crippen LogP contribution in [0.1, 0.15) is 36.0 Å². The molecule has 1 aliphatic carbocycles. The Balaban J connectivity index is 1.71. The van der Waals surface area contributed by atoms with E-state index in [4.69, 9.17) is 5.73 Å². The summed E-state index contributed by atoms with van der Waals surface area (Å²) in [5.41, 5.74) is 6.39. The zero-order chi connectivity index (χ0) is 15.7. The molecule has 7 heteroatoms. The fourth-order valence-electron chi connectivity index (χ4n) is 2.64. The first-order valence-corrected chi connectivity index (χ1v) is 9.11. The highest BCUT2D eigenvalue weighted by Crippen LogP contribution is 2.22. The predicted molar refractivity (Wildman–Crippen MR) is 82.9 cm³/mol. The third-order valence-corrected chi connectivity index (χ3v) is 5.59. The van der Waals surface area contributed by atoms with Crippen LogP contribution in [0.5, 0.6) is 0 Å². The monoisotopic (exact) mass is 323 g/mol. The minimum absolute atomic E-state index is 0.0279. The number of hydrogen-bond donors (Lipinski definition) is 2. The summed E-state index contributed by atoms with van der Waals surface area (Å²) in [6, 6.07) is 6.22. The number of hydrogen-bond acceptors (Lipinski definition) is 4. The molecule has 1 saturated carbocycles. The summed E-state index contributed by atoms with van der Waals surface area (Å²) in [7, 11) is -3.47. The Bertz CT molecular complexity index is 653. The zero-order valence-electron chi connectivity index (χ0n) is 12.4. The van der Waals surface area contributed by atoms with Gasteiger partial charge in [0.25, 0.3) is 5.91 Å². The number of nitrogens with one attached hydrogen (secondary N) is 1. The highest BCUT2D eigenvalue weighted by molar-refractivity contribution is 7.89. The Morgan fingerprint density at radius 3 is 2.45 bits per heavy atom. The van der Waals surface area contributed by atoms with Crippen molar-refractivity contribution in [2.75, 3.05) is 13.1 Å². The van der Waals surface area contributed by atoms with Crippen LogP contribution in [-0.4, -0.2) is 44.4 Å². The Kier molecular flexibility index (Phi) is 4.20. The fraction of sp³-hybridized carbons (Fsp3) is 0.533. The molecule has 1 aliphatic heterocycles. The van der Waals surface area contributed by atoms with Gasteiger partial charge in [0.15, 0.2) is 0 Å². The minimum Gasteiger partial charge on any atom is -0.337 e. The maximum atomic E-state index is 12.4. The van der Waals surface area contributed by atoms with Crippen LogP contribution in [0, 0.1) is 0 Å². The van der Waals surface area contributed by atoms with Crippen molar-refractivity contribution >= 4 is 15.9 Å². The highest BCUT2D eigenvalue weighted by Gasteiger charge is 2.28. The molecule has 2 aliphatic rings. The molecule has 6 nitrogen and oxygen atoms in total. The summed E-state index contributed by atoms with van der Waals surface area (Å²) in [6.45, 7) is 1.26. The number of amides is 1. The summed E-state index contributed by atoms with van der Waals surface area (Å²) in [4.78, 5) is 14.3. The van der Waals surface area contributed by atoms with Crippen molar-refractivity contribution in [2.45, 2.75) is 42.7 Å². The normalized spacial score (nSPS) is 22.6. The van der Waals surface area contributed by atoms with Gasteiger partial charge in [-0.05, 0) is 49.9 Å². The molecule has 1 aromatic rings. The van der Waals surface area contributed by atoms with Gasteiger partial charge in [-0.1, -0.05) is 0 Å². The number of sulfonamides is 1. The van der Waals surface area contributed by atoms with Crippen LogP contribution in [0.4, 0.5) is 0 Å². The Labute approximate surface area is 130 Å². The summed E-state index contributed by atoms with van der Waals surface area (Å²) in [6.07, 6.45) is 3.63. The number of benzene rings is 1. The molecular weight excluding hydrogens is 302 g/mol. The highest BCUT2D eigenvalue weighted by atomic mass is 32.2. The molecule has 1 heterocycles. The maximum absolute atomic E-state index is 12.4. The van der Waals surface area contributed by atoms with E-state index in [-0.39, 0.29) is 22.9 Å². The molecule has 120 valence electrons. The SMILES string of the molecule is NC1CCCN(C(=O)c2ccc(S(=O)(=O)NC3CC3)cc2)C1. The van der Waals surface area contributed by atoms with E-state index in [0.717, 1.165) is 25.7 Å². The molecular formula is C15H21N3O3S. The van der Waals surface area contributed by atoms with E-state index in [1.54, 1.807) is 17.0 Å². The van der Waals surface area contributed by atoms with E-state index >= 15 is 0 Å². The molecule has 0 aromatic heterocycles. The molecule has 1 amide bonds. The van der Waals surface area contributed by atoms with Crippen molar-refractivity contribution in [3.8, 4) is 0 Å². The Morgan fingerprint density at radius 1 is 1.18 bits per heavy atom. The summed E-state index contributed by atoms with van der Waals surface area (Å²) in [5, 5.41) is 0. The van der Waals surface area contributed by atoms with Gasteiger partial charge in [-0.15, -0.1) is 0 Å². The van der Waals surface area contributed by atoms with Crippen molar-refractivity contribution in [3.63, 3.8) is 0 Å². The summed E-state index contributed by atoms with van der Waals surface area (Å²) < 4.78 is 26.8. The number of nitrogens with zero attached hydrogens (tertiary/aromatic N) is 1. The van der Waals surface area contributed by atoms with E-state index in [2.05, 4.69) is 4.72 Å². The van der Waals surface area contributed by atoms with Gasteiger partial charge >= 0.3 is 0 Å².